The summed E-state index contributed by atoms with van der Waals surface area (Å²) in [6.07, 6.45) is 1.75. The van der Waals surface area contributed by atoms with Crippen molar-refractivity contribution in [3.05, 3.63) is 89.5 Å². The van der Waals surface area contributed by atoms with Gasteiger partial charge in [0.1, 0.15) is 0 Å². The van der Waals surface area contributed by atoms with Gasteiger partial charge in [-0.3, -0.25) is 14.4 Å². The van der Waals surface area contributed by atoms with Gasteiger partial charge in [0, 0.05) is 17.2 Å². The smallest absolute Gasteiger partial charge is 0.309 e. The molecule has 1 aliphatic rings. The topological polar surface area (TPSA) is 72.5 Å². The zero-order chi connectivity index (χ0) is 24.9. The maximum Gasteiger partial charge on any atom is 0.309 e. The van der Waals surface area contributed by atoms with Crippen molar-refractivity contribution in [1.82, 2.24) is 0 Å². The molecule has 0 heterocycles. The number of hydrogen-bond donors (Lipinski definition) is 1. The maximum atomic E-state index is 12.8. The molecular formula is C30H31NO4. The number of carbonyl (C=O) groups excluding carboxylic acids is 3. The first-order chi connectivity index (χ1) is 16.9. The SMILES string of the molecule is COC(=O)C1CCC1C(=O)c1ccc(-c2ccc(NC(=O)Cc3ccc(C(C)C)cc3)cc2)cc1. The van der Waals surface area contributed by atoms with Crippen LogP contribution in [-0.4, -0.2) is 24.8 Å². The highest BCUT2D eigenvalue weighted by Crippen LogP contribution is 2.37. The highest BCUT2D eigenvalue weighted by molar-refractivity contribution is 6.01. The van der Waals surface area contributed by atoms with Gasteiger partial charge in [0.2, 0.25) is 5.91 Å². The lowest BCUT2D eigenvalue weighted by Crippen LogP contribution is -2.38. The van der Waals surface area contributed by atoms with E-state index >= 15 is 0 Å². The Kier molecular flexibility index (Phi) is 7.45. The molecule has 3 aromatic carbocycles. The van der Waals surface area contributed by atoms with Gasteiger partial charge in [0.15, 0.2) is 5.78 Å². The van der Waals surface area contributed by atoms with Crippen molar-refractivity contribution in [2.24, 2.45) is 11.8 Å². The third-order valence-electron chi connectivity index (χ3n) is 6.80. The summed E-state index contributed by atoms with van der Waals surface area (Å²) in [5.74, 6) is -0.509. The summed E-state index contributed by atoms with van der Waals surface area (Å²) in [7, 11) is 1.36. The highest BCUT2D eigenvalue weighted by atomic mass is 16.5. The minimum atomic E-state index is -0.325. The fourth-order valence-corrected chi connectivity index (χ4v) is 4.45. The lowest BCUT2D eigenvalue weighted by atomic mass is 9.70. The predicted octanol–water partition coefficient (Wildman–Crippen LogP) is 6.04. The molecule has 0 aromatic heterocycles. The Bertz CT molecular complexity index is 1190. The van der Waals surface area contributed by atoms with Crippen LogP contribution in [0.1, 0.15) is 54.1 Å². The number of rotatable bonds is 8. The van der Waals surface area contributed by atoms with Crippen LogP contribution in [0.25, 0.3) is 11.1 Å². The second-order valence-corrected chi connectivity index (χ2v) is 9.45. The first-order valence-corrected chi connectivity index (χ1v) is 12.1. The molecule has 35 heavy (non-hydrogen) atoms. The molecule has 2 unspecified atom stereocenters. The van der Waals surface area contributed by atoms with Crippen LogP contribution < -0.4 is 5.32 Å². The molecule has 1 N–H and O–H groups in total. The molecule has 1 aliphatic carbocycles. The van der Waals surface area contributed by atoms with Crippen molar-refractivity contribution in [2.75, 3.05) is 12.4 Å². The Morgan fingerprint density at radius 2 is 1.40 bits per heavy atom. The Morgan fingerprint density at radius 1 is 0.829 bits per heavy atom. The lowest BCUT2D eigenvalue weighted by Gasteiger charge is -2.33. The maximum absolute atomic E-state index is 12.8. The summed E-state index contributed by atoms with van der Waals surface area (Å²) in [4.78, 5) is 37.0. The Hall–Kier alpha value is -3.73. The van der Waals surface area contributed by atoms with Crippen molar-refractivity contribution in [1.29, 1.82) is 0 Å². The number of amides is 1. The van der Waals surface area contributed by atoms with E-state index in [9.17, 15) is 14.4 Å². The summed E-state index contributed by atoms with van der Waals surface area (Å²) < 4.78 is 4.81. The van der Waals surface area contributed by atoms with Crippen LogP contribution >= 0.6 is 0 Å². The van der Waals surface area contributed by atoms with E-state index in [1.807, 2.05) is 60.7 Å². The van der Waals surface area contributed by atoms with Crippen molar-refractivity contribution >= 4 is 23.3 Å². The van der Waals surface area contributed by atoms with Crippen LogP contribution in [0.3, 0.4) is 0 Å². The van der Waals surface area contributed by atoms with E-state index in [0.717, 1.165) is 28.8 Å². The Labute approximate surface area is 206 Å². The zero-order valence-corrected chi connectivity index (χ0v) is 20.4. The van der Waals surface area contributed by atoms with Crippen LogP contribution in [0.4, 0.5) is 5.69 Å². The zero-order valence-electron chi connectivity index (χ0n) is 20.4. The fraction of sp³-hybridized carbons (Fsp3) is 0.300. The summed E-state index contributed by atoms with van der Waals surface area (Å²) in [5, 5.41) is 2.95. The molecular weight excluding hydrogens is 438 g/mol. The molecule has 0 saturated heterocycles. The van der Waals surface area contributed by atoms with Gasteiger partial charge in [0.25, 0.3) is 0 Å². The number of benzene rings is 3. The van der Waals surface area contributed by atoms with Crippen LogP contribution in [0.15, 0.2) is 72.8 Å². The molecule has 1 amide bonds. The molecule has 3 aromatic rings. The third kappa shape index (κ3) is 5.68. The first-order valence-electron chi connectivity index (χ1n) is 12.1. The molecule has 5 nitrogen and oxygen atoms in total. The molecule has 180 valence electrons. The molecule has 5 heteroatoms. The van der Waals surface area contributed by atoms with Gasteiger partial charge in [-0.1, -0.05) is 74.5 Å². The second-order valence-electron chi connectivity index (χ2n) is 9.45. The summed E-state index contributed by atoms with van der Waals surface area (Å²) in [6, 6.07) is 23.3. The van der Waals surface area contributed by atoms with Crippen LogP contribution in [0, 0.1) is 11.8 Å². The summed E-state index contributed by atoms with van der Waals surface area (Å²) in [6.45, 7) is 4.30. The number of hydrogen-bond acceptors (Lipinski definition) is 4. The normalized spacial score (nSPS) is 16.9. The van der Waals surface area contributed by atoms with Gasteiger partial charge in [-0.2, -0.15) is 0 Å². The van der Waals surface area contributed by atoms with E-state index in [1.54, 1.807) is 0 Å². The van der Waals surface area contributed by atoms with Gasteiger partial charge in [-0.05, 0) is 53.1 Å². The second kappa shape index (κ2) is 10.7. The molecule has 1 saturated carbocycles. The molecule has 1 fully saturated rings. The Morgan fingerprint density at radius 3 is 1.91 bits per heavy atom. The largest absolute Gasteiger partial charge is 0.469 e. The van der Waals surface area contributed by atoms with Gasteiger partial charge < -0.3 is 10.1 Å². The van der Waals surface area contributed by atoms with Crippen LogP contribution in [-0.2, 0) is 20.7 Å². The molecule has 2 atom stereocenters. The number of ether oxygens (including phenoxy) is 1. The number of esters is 1. The van der Waals surface area contributed by atoms with E-state index in [4.69, 9.17) is 4.74 Å². The summed E-state index contributed by atoms with van der Waals surface area (Å²) in [5.41, 5.74) is 5.56. The minimum absolute atomic E-state index is 0.00453. The number of Topliss-reactive ketones (excluding diaryl/α,β-unsaturated/α-hetero) is 1. The fourth-order valence-electron chi connectivity index (χ4n) is 4.45. The summed E-state index contributed by atoms with van der Waals surface area (Å²) >= 11 is 0. The average Bonchev–Trinajstić information content (AvgIpc) is 2.84. The van der Waals surface area contributed by atoms with Crippen LogP contribution in [0.2, 0.25) is 0 Å². The van der Waals surface area contributed by atoms with E-state index in [1.165, 1.54) is 12.7 Å². The predicted molar refractivity (Wildman–Crippen MR) is 137 cm³/mol. The van der Waals surface area contributed by atoms with Crippen molar-refractivity contribution in [2.45, 2.75) is 39.0 Å². The number of methoxy groups -OCH3 is 1. The molecule has 0 radical (unpaired) electrons. The third-order valence-corrected chi connectivity index (χ3v) is 6.80. The van der Waals surface area contributed by atoms with Crippen molar-refractivity contribution in [3.63, 3.8) is 0 Å². The number of ketones is 1. The van der Waals surface area contributed by atoms with E-state index in [0.29, 0.717) is 24.3 Å². The van der Waals surface area contributed by atoms with Gasteiger partial charge >= 0.3 is 5.97 Å². The molecule has 0 bridgehead atoms. The Balaban J connectivity index is 1.35. The first kappa shape index (κ1) is 24.4. The quantitative estimate of drug-likeness (QED) is 0.322. The van der Waals surface area contributed by atoms with Crippen molar-refractivity contribution in [3.8, 4) is 11.1 Å². The average molecular weight is 470 g/mol. The van der Waals surface area contributed by atoms with E-state index in [2.05, 4.69) is 31.3 Å². The monoisotopic (exact) mass is 469 g/mol. The lowest BCUT2D eigenvalue weighted by molar-refractivity contribution is -0.150. The van der Waals surface area contributed by atoms with Gasteiger partial charge in [-0.15, -0.1) is 0 Å². The van der Waals surface area contributed by atoms with Crippen LogP contribution in [0.5, 0.6) is 0 Å². The molecule has 4 rings (SSSR count). The number of anilines is 1. The minimum Gasteiger partial charge on any atom is -0.469 e. The number of nitrogens with one attached hydrogen (secondary N) is 1. The van der Waals surface area contributed by atoms with Gasteiger partial charge in [-0.25, -0.2) is 0 Å². The molecule has 0 spiro atoms. The van der Waals surface area contributed by atoms with E-state index < -0.39 is 0 Å². The van der Waals surface area contributed by atoms with E-state index in [-0.39, 0.29) is 29.5 Å². The standard InChI is InChI=1S/C30H31NO4/c1-19(2)21-6-4-20(5-7-21)18-28(32)31-25-14-12-23(13-15-25)22-8-10-24(11-9-22)29(33)26-16-17-27(26)30(34)35-3/h4-15,19,26-27H,16-18H2,1-3H3,(H,31,32). The van der Waals surface area contributed by atoms with Crippen molar-refractivity contribution < 1.29 is 19.1 Å². The number of carbonyl (C=O) groups is 3. The highest BCUT2D eigenvalue weighted by Gasteiger charge is 2.42. The van der Waals surface area contributed by atoms with Gasteiger partial charge in [0.05, 0.1) is 19.4 Å². The molecule has 0 aliphatic heterocycles.